The van der Waals surface area contributed by atoms with Gasteiger partial charge >= 0.3 is 11.9 Å². The highest BCUT2D eigenvalue weighted by Gasteiger charge is 2.48. The van der Waals surface area contributed by atoms with Crippen molar-refractivity contribution in [2.75, 3.05) is 0 Å². The molecule has 0 spiro atoms. The fraction of sp³-hybridized carbons (Fsp3) is 0.588. The number of hydrogen-bond acceptors (Lipinski definition) is 7. The number of halogens is 1. The molecule has 1 aliphatic heterocycles. The lowest BCUT2D eigenvalue weighted by molar-refractivity contribution is -0.267. The molecule has 5 atom stereocenters. The Bertz CT molecular complexity index is 625. The third-order valence-corrected chi connectivity index (χ3v) is 3.98. The normalized spacial score (nSPS) is 28.9. The van der Waals surface area contributed by atoms with Crippen LogP contribution >= 0.6 is 0 Å². The third-order valence-electron chi connectivity index (χ3n) is 3.98. The Morgan fingerprint density at radius 1 is 1.24 bits per heavy atom. The van der Waals surface area contributed by atoms with E-state index in [4.69, 9.17) is 18.9 Å². The van der Waals surface area contributed by atoms with Crippen LogP contribution in [0.25, 0.3) is 0 Å². The standard InChI is InChI=1S/C17H22FNO6/c1-5-12-9(2)14(22-10(3)20)15(23-11(4)21)17(24-12)25-13-7-6-8-19-16(13)18/h6-9,12,14-15,17H,5H2,1-4H3/t9-,12+,14-,15+,17-/m0/s1. The van der Waals surface area contributed by atoms with Crippen LogP contribution in [0.2, 0.25) is 0 Å². The number of hydrogen-bond donors (Lipinski definition) is 0. The Morgan fingerprint density at radius 2 is 1.88 bits per heavy atom. The van der Waals surface area contributed by atoms with E-state index in [1.54, 1.807) is 0 Å². The van der Waals surface area contributed by atoms with Gasteiger partial charge in [-0.3, -0.25) is 9.59 Å². The molecule has 2 heterocycles. The first-order valence-corrected chi connectivity index (χ1v) is 8.10. The second-order valence-electron chi connectivity index (χ2n) is 5.87. The molecule has 1 fully saturated rings. The van der Waals surface area contributed by atoms with Crippen LogP contribution in [0.1, 0.15) is 34.1 Å². The number of ether oxygens (including phenoxy) is 4. The summed E-state index contributed by atoms with van der Waals surface area (Å²) in [5, 5.41) is 0. The lowest BCUT2D eigenvalue weighted by Crippen LogP contribution is -2.58. The number of carbonyl (C=O) groups excluding carboxylic acids is 2. The maximum Gasteiger partial charge on any atom is 0.303 e. The lowest BCUT2D eigenvalue weighted by atomic mass is 9.89. The molecule has 1 aliphatic rings. The SMILES string of the molecule is CC[C@H]1O[C@@H](Oc2cccnc2F)[C@H](OC(C)=O)[C@@H](OC(C)=O)[C@H]1C. The van der Waals surface area contributed by atoms with Gasteiger partial charge in [0, 0.05) is 26.0 Å². The molecule has 0 radical (unpaired) electrons. The van der Waals surface area contributed by atoms with Gasteiger partial charge in [-0.05, 0) is 18.6 Å². The van der Waals surface area contributed by atoms with Crippen molar-refractivity contribution in [2.45, 2.75) is 58.7 Å². The van der Waals surface area contributed by atoms with Gasteiger partial charge < -0.3 is 18.9 Å². The van der Waals surface area contributed by atoms with Crippen molar-refractivity contribution in [3.05, 3.63) is 24.3 Å². The number of nitrogens with zero attached hydrogens (tertiary/aromatic N) is 1. The van der Waals surface area contributed by atoms with Crippen molar-refractivity contribution in [1.29, 1.82) is 0 Å². The molecule has 0 aliphatic carbocycles. The molecule has 1 aromatic rings. The number of aromatic nitrogens is 1. The van der Waals surface area contributed by atoms with Crippen molar-refractivity contribution in [3.8, 4) is 5.75 Å². The third kappa shape index (κ3) is 4.66. The van der Waals surface area contributed by atoms with E-state index in [1.165, 1.54) is 32.2 Å². The van der Waals surface area contributed by atoms with Gasteiger partial charge in [-0.15, -0.1) is 0 Å². The second-order valence-corrected chi connectivity index (χ2v) is 5.87. The van der Waals surface area contributed by atoms with Gasteiger partial charge in [0.1, 0.15) is 6.10 Å². The summed E-state index contributed by atoms with van der Waals surface area (Å²) in [6.07, 6.45) is -1.36. The number of esters is 2. The number of carbonyl (C=O) groups is 2. The molecule has 7 nitrogen and oxygen atoms in total. The Morgan fingerprint density at radius 3 is 2.44 bits per heavy atom. The molecule has 1 aromatic heterocycles. The van der Waals surface area contributed by atoms with Crippen molar-refractivity contribution < 1.29 is 32.9 Å². The maximum absolute atomic E-state index is 13.8. The molecule has 0 amide bonds. The molecule has 8 heteroatoms. The second kappa shape index (κ2) is 8.24. The van der Waals surface area contributed by atoms with E-state index >= 15 is 0 Å². The highest BCUT2D eigenvalue weighted by Crippen LogP contribution is 2.33. The van der Waals surface area contributed by atoms with E-state index in [-0.39, 0.29) is 17.8 Å². The summed E-state index contributed by atoms with van der Waals surface area (Å²) in [7, 11) is 0. The van der Waals surface area contributed by atoms with Crippen LogP contribution in [0, 0.1) is 11.9 Å². The van der Waals surface area contributed by atoms with Gasteiger partial charge in [0.2, 0.25) is 12.4 Å². The zero-order chi connectivity index (χ0) is 18.6. The van der Waals surface area contributed by atoms with Crippen LogP contribution < -0.4 is 4.74 Å². The van der Waals surface area contributed by atoms with Gasteiger partial charge in [-0.2, -0.15) is 4.39 Å². The molecular formula is C17H22FNO6. The van der Waals surface area contributed by atoms with Crippen LogP contribution in [0.15, 0.2) is 18.3 Å². The van der Waals surface area contributed by atoms with Gasteiger partial charge in [0.25, 0.3) is 5.95 Å². The fourth-order valence-corrected chi connectivity index (χ4v) is 2.87. The summed E-state index contributed by atoms with van der Waals surface area (Å²) < 4.78 is 35.9. The van der Waals surface area contributed by atoms with E-state index < -0.39 is 36.4 Å². The van der Waals surface area contributed by atoms with Gasteiger partial charge in [0.05, 0.1) is 6.10 Å². The van der Waals surface area contributed by atoms with Crippen LogP contribution in [-0.4, -0.2) is 41.5 Å². The highest BCUT2D eigenvalue weighted by atomic mass is 19.1. The summed E-state index contributed by atoms with van der Waals surface area (Å²) >= 11 is 0. The predicted octanol–water partition coefficient (Wildman–Crippen LogP) is 2.23. The minimum atomic E-state index is -1.13. The van der Waals surface area contributed by atoms with Crippen molar-refractivity contribution in [2.24, 2.45) is 5.92 Å². The first-order chi connectivity index (χ1) is 11.8. The highest BCUT2D eigenvalue weighted by molar-refractivity contribution is 5.67. The van der Waals surface area contributed by atoms with Crippen LogP contribution in [-0.2, 0) is 23.8 Å². The van der Waals surface area contributed by atoms with E-state index in [2.05, 4.69) is 4.98 Å². The van der Waals surface area contributed by atoms with Crippen molar-refractivity contribution in [1.82, 2.24) is 4.98 Å². The molecule has 0 saturated carbocycles. The van der Waals surface area contributed by atoms with Gasteiger partial charge in [-0.25, -0.2) is 4.98 Å². The average molecular weight is 355 g/mol. The van der Waals surface area contributed by atoms with Gasteiger partial charge in [-0.1, -0.05) is 13.8 Å². The van der Waals surface area contributed by atoms with E-state index in [0.29, 0.717) is 6.42 Å². The Kier molecular flexibility index (Phi) is 6.30. The van der Waals surface area contributed by atoms with Crippen molar-refractivity contribution >= 4 is 11.9 Å². The first-order valence-electron chi connectivity index (χ1n) is 8.10. The quantitative estimate of drug-likeness (QED) is 0.591. The summed E-state index contributed by atoms with van der Waals surface area (Å²) in [5.41, 5.74) is 0. The van der Waals surface area contributed by atoms with Crippen LogP contribution in [0.3, 0.4) is 0 Å². The largest absolute Gasteiger partial charge is 0.458 e. The fourth-order valence-electron chi connectivity index (χ4n) is 2.87. The number of rotatable bonds is 5. The molecular weight excluding hydrogens is 333 g/mol. The minimum absolute atomic E-state index is 0.143. The topological polar surface area (TPSA) is 83.9 Å². The molecule has 0 aromatic carbocycles. The lowest BCUT2D eigenvalue weighted by Gasteiger charge is -2.43. The molecule has 1 saturated heterocycles. The minimum Gasteiger partial charge on any atom is -0.458 e. The first kappa shape index (κ1) is 19.1. The molecule has 138 valence electrons. The van der Waals surface area contributed by atoms with E-state index in [0.717, 1.165) is 0 Å². The molecule has 0 unspecified atom stereocenters. The number of pyridine rings is 1. The van der Waals surface area contributed by atoms with Crippen LogP contribution in [0.4, 0.5) is 4.39 Å². The van der Waals surface area contributed by atoms with E-state index in [1.807, 2.05) is 13.8 Å². The Labute approximate surface area is 145 Å². The molecule has 0 bridgehead atoms. The zero-order valence-electron chi connectivity index (χ0n) is 14.6. The Hall–Kier alpha value is -2.22. The Balaban J connectivity index is 2.33. The van der Waals surface area contributed by atoms with Crippen LogP contribution in [0.5, 0.6) is 5.75 Å². The van der Waals surface area contributed by atoms with E-state index in [9.17, 15) is 14.0 Å². The predicted molar refractivity (Wildman–Crippen MR) is 84.0 cm³/mol. The average Bonchev–Trinajstić information content (AvgIpc) is 2.54. The zero-order valence-corrected chi connectivity index (χ0v) is 14.6. The molecule has 0 N–H and O–H groups in total. The monoisotopic (exact) mass is 355 g/mol. The summed E-state index contributed by atoms with van der Waals surface area (Å²) in [4.78, 5) is 26.5. The van der Waals surface area contributed by atoms with Crippen molar-refractivity contribution in [3.63, 3.8) is 0 Å². The summed E-state index contributed by atoms with van der Waals surface area (Å²) in [6, 6.07) is 2.89. The summed E-state index contributed by atoms with van der Waals surface area (Å²) in [6.45, 7) is 6.23. The summed E-state index contributed by atoms with van der Waals surface area (Å²) in [5.74, 6) is -2.30. The maximum atomic E-state index is 13.8. The molecule has 25 heavy (non-hydrogen) atoms. The van der Waals surface area contributed by atoms with Gasteiger partial charge in [0.15, 0.2) is 5.75 Å². The molecule has 2 rings (SSSR count). The smallest absolute Gasteiger partial charge is 0.303 e.